The van der Waals surface area contributed by atoms with Crippen LogP contribution in [0.5, 0.6) is 0 Å². The number of esters is 1. The summed E-state index contributed by atoms with van der Waals surface area (Å²) in [6.07, 6.45) is 0. The quantitative estimate of drug-likeness (QED) is 0.861. The van der Waals surface area contributed by atoms with Crippen molar-refractivity contribution in [2.24, 2.45) is 0 Å². The molecular formula is C17H18FNO2. The Morgan fingerprint density at radius 1 is 1.24 bits per heavy atom. The molecule has 0 spiro atoms. The summed E-state index contributed by atoms with van der Waals surface area (Å²) in [6.45, 7) is 3.79. The maximum absolute atomic E-state index is 13.8. The molecule has 0 fully saturated rings. The van der Waals surface area contributed by atoms with E-state index in [4.69, 9.17) is 0 Å². The summed E-state index contributed by atoms with van der Waals surface area (Å²) < 4.78 is 18.4. The monoisotopic (exact) mass is 287 g/mol. The van der Waals surface area contributed by atoms with Crippen molar-refractivity contribution < 1.29 is 13.9 Å². The summed E-state index contributed by atoms with van der Waals surface area (Å²) >= 11 is 0. The lowest BCUT2D eigenvalue weighted by molar-refractivity contribution is 0.0600. The van der Waals surface area contributed by atoms with E-state index >= 15 is 0 Å². The molecule has 2 aromatic rings. The third-order valence-corrected chi connectivity index (χ3v) is 3.39. The molecule has 2 aromatic carbocycles. The predicted molar refractivity (Wildman–Crippen MR) is 81.0 cm³/mol. The van der Waals surface area contributed by atoms with Crippen LogP contribution in [0.3, 0.4) is 0 Å². The molecule has 0 aliphatic carbocycles. The Labute approximate surface area is 123 Å². The van der Waals surface area contributed by atoms with Crippen LogP contribution in [0.1, 0.15) is 34.5 Å². The van der Waals surface area contributed by atoms with Crippen LogP contribution in [-0.2, 0) is 4.74 Å². The number of benzene rings is 2. The second-order valence-electron chi connectivity index (χ2n) is 4.91. The van der Waals surface area contributed by atoms with Gasteiger partial charge in [-0.3, -0.25) is 0 Å². The fraction of sp³-hybridized carbons (Fsp3) is 0.235. The van der Waals surface area contributed by atoms with Gasteiger partial charge in [0, 0.05) is 11.3 Å². The number of nitrogens with one attached hydrogen (secondary N) is 1. The number of carbonyl (C=O) groups excluding carboxylic acids is 1. The molecule has 2 rings (SSSR count). The average Bonchev–Trinajstić information content (AvgIpc) is 2.48. The third kappa shape index (κ3) is 3.40. The summed E-state index contributed by atoms with van der Waals surface area (Å²) in [5, 5.41) is 3.26. The van der Waals surface area contributed by atoms with E-state index in [1.54, 1.807) is 30.3 Å². The van der Waals surface area contributed by atoms with E-state index in [0.717, 1.165) is 11.3 Å². The molecule has 0 aliphatic heterocycles. The summed E-state index contributed by atoms with van der Waals surface area (Å²) in [6, 6.07) is 11.8. The van der Waals surface area contributed by atoms with E-state index in [9.17, 15) is 9.18 Å². The van der Waals surface area contributed by atoms with Gasteiger partial charge < -0.3 is 10.1 Å². The van der Waals surface area contributed by atoms with Crippen molar-refractivity contribution in [2.45, 2.75) is 19.9 Å². The van der Waals surface area contributed by atoms with Crippen LogP contribution >= 0.6 is 0 Å². The van der Waals surface area contributed by atoms with Crippen molar-refractivity contribution in [2.75, 3.05) is 12.4 Å². The van der Waals surface area contributed by atoms with Crippen LogP contribution in [0.15, 0.2) is 42.5 Å². The molecule has 0 radical (unpaired) electrons. The third-order valence-electron chi connectivity index (χ3n) is 3.39. The Balaban J connectivity index is 2.20. The van der Waals surface area contributed by atoms with Gasteiger partial charge in [0.25, 0.3) is 0 Å². The predicted octanol–water partition coefficient (Wildman–Crippen LogP) is 4.09. The zero-order chi connectivity index (χ0) is 15.4. The van der Waals surface area contributed by atoms with E-state index in [-0.39, 0.29) is 17.8 Å². The van der Waals surface area contributed by atoms with Crippen molar-refractivity contribution >= 4 is 11.7 Å². The number of halogens is 1. The first-order chi connectivity index (χ1) is 10.0. The number of hydrogen-bond acceptors (Lipinski definition) is 3. The van der Waals surface area contributed by atoms with E-state index in [0.29, 0.717) is 11.1 Å². The van der Waals surface area contributed by atoms with Crippen molar-refractivity contribution in [1.82, 2.24) is 0 Å². The summed E-state index contributed by atoms with van der Waals surface area (Å²) in [7, 11) is 1.35. The molecule has 1 unspecified atom stereocenters. The van der Waals surface area contributed by atoms with Gasteiger partial charge in [-0.2, -0.15) is 0 Å². The second-order valence-corrected chi connectivity index (χ2v) is 4.91. The molecule has 3 nitrogen and oxygen atoms in total. The second kappa shape index (κ2) is 6.39. The number of carbonyl (C=O) groups is 1. The maximum atomic E-state index is 13.8. The van der Waals surface area contributed by atoms with Crippen LogP contribution < -0.4 is 5.32 Å². The molecule has 0 bridgehead atoms. The average molecular weight is 287 g/mol. The highest BCUT2D eigenvalue weighted by atomic mass is 19.1. The Kier molecular flexibility index (Phi) is 4.58. The lowest BCUT2D eigenvalue weighted by atomic mass is 10.1. The van der Waals surface area contributed by atoms with Gasteiger partial charge >= 0.3 is 5.97 Å². The Morgan fingerprint density at radius 3 is 2.57 bits per heavy atom. The first kappa shape index (κ1) is 15.0. The van der Waals surface area contributed by atoms with Crippen molar-refractivity contribution in [1.29, 1.82) is 0 Å². The molecule has 0 aromatic heterocycles. The number of anilines is 1. The Hall–Kier alpha value is -2.36. The van der Waals surface area contributed by atoms with Crippen LogP contribution in [0.4, 0.5) is 10.1 Å². The summed E-state index contributed by atoms with van der Waals surface area (Å²) in [4.78, 5) is 11.5. The molecule has 1 N–H and O–H groups in total. The normalized spacial score (nSPS) is 11.8. The first-order valence-electron chi connectivity index (χ1n) is 6.73. The smallest absolute Gasteiger partial charge is 0.337 e. The van der Waals surface area contributed by atoms with Crippen molar-refractivity contribution in [3.05, 3.63) is 65.0 Å². The lowest BCUT2D eigenvalue weighted by Gasteiger charge is -2.18. The highest BCUT2D eigenvalue weighted by Gasteiger charge is 2.12. The molecule has 0 amide bonds. The molecule has 110 valence electrons. The fourth-order valence-corrected chi connectivity index (χ4v) is 2.21. The van der Waals surface area contributed by atoms with Gasteiger partial charge in [-0.25, -0.2) is 9.18 Å². The van der Waals surface area contributed by atoms with Gasteiger partial charge in [0.05, 0.1) is 18.7 Å². The molecule has 21 heavy (non-hydrogen) atoms. The van der Waals surface area contributed by atoms with Crippen LogP contribution in [0.2, 0.25) is 0 Å². The molecule has 0 heterocycles. The molecular weight excluding hydrogens is 269 g/mol. The minimum absolute atomic E-state index is 0.172. The molecule has 0 aliphatic rings. The number of methoxy groups -OCH3 is 1. The summed E-state index contributed by atoms with van der Waals surface area (Å²) in [5.41, 5.74) is 2.87. The van der Waals surface area contributed by atoms with Gasteiger partial charge in [0.2, 0.25) is 0 Å². The van der Waals surface area contributed by atoms with Crippen molar-refractivity contribution in [3.8, 4) is 0 Å². The van der Waals surface area contributed by atoms with Crippen LogP contribution in [0, 0.1) is 12.7 Å². The molecule has 0 saturated carbocycles. The van der Waals surface area contributed by atoms with Gasteiger partial charge in [0.1, 0.15) is 5.82 Å². The van der Waals surface area contributed by atoms with Crippen LogP contribution in [-0.4, -0.2) is 13.1 Å². The van der Waals surface area contributed by atoms with E-state index < -0.39 is 0 Å². The topological polar surface area (TPSA) is 38.3 Å². The molecule has 4 heteroatoms. The largest absolute Gasteiger partial charge is 0.465 e. The van der Waals surface area contributed by atoms with E-state index in [1.807, 2.05) is 19.9 Å². The zero-order valence-electron chi connectivity index (χ0n) is 12.3. The summed E-state index contributed by atoms with van der Waals surface area (Å²) in [5.74, 6) is -0.604. The number of hydrogen-bond donors (Lipinski definition) is 1. The standard InChI is InChI=1S/C17H18FNO2/c1-11-10-13(17(20)21-3)8-9-16(11)19-12(2)14-6-4-5-7-15(14)18/h4-10,12,19H,1-3H3. The Bertz CT molecular complexity index is 655. The van der Waals surface area contributed by atoms with Gasteiger partial charge in [0.15, 0.2) is 0 Å². The van der Waals surface area contributed by atoms with Crippen LogP contribution in [0.25, 0.3) is 0 Å². The fourth-order valence-electron chi connectivity index (χ4n) is 2.21. The number of aryl methyl sites for hydroxylation is 1. The molecule has 1 atom stereocenters. The number of rotatable bonds is 4. The van der Waals surface area contributed by atoms with Crippen molar-refractivity contribution in [3.63, 3.8) is 0 Å². The number of ether oxygens (including phenoxy) is 1. The highest BCUT2D eigenvalue weighted by Crippen LogP contribution is 2.24. The zero-order valence-corrected chi connectivity index (χ0v) is 12.3. The highest BCUT2D eigenvalue weighted by molar-refractivity contribution is 5.90. The van der Waals surface area contributed by atoms with E-state index in [1.165, 1.54) is 13.2 Å². The Morgan fingerprint density at radius 2 is 1.95 bits per heavy atom. The minimum atomic E-state index is -0.369. The molecule has 0 saturated heterocycles. The maximum Gasteiger partial charge on any atom is 0.337 e. The lowest BCUT2D eigenvalue weighted by Crippen LogP contribution is -2.10. The van der Waals surface area contributed by atoms with E-state index in [2.05, 4.69) is 10.1 Å². The minimum Gasteiger partial charge on any atom is -0.465 e. The van der Waals surface area contributed by atoms with Gasteiger partial charge in [-0.05, 0) is 43.7 Å². The van der Waals surface area contributed by atoms with Gasteiger partial charge in [-0.15, -0.1) is 0 Å². The van der Waals surface area contributed by atoms with Gasteiger partial charge in [-0.1, -0.05) is 18.2 Å². The first-order valence-corrected chi connectivity index (χ1v) is 6.73. The SMILES string of the molecule is COC(=O)c1ccc(NC(C)c2ccccc2F)c(C)c1.